The van der Waals surface area contributed by atoms with E-state index in [-0.39, 0.29) is 12.5 Å². The summed E-state index contributed by atoms with van der Waals surface area (Å²) in [6, 6.07) is 13.7. The minimum atomic E-state index is -1.27. The van der Waals surface area contributed by atoms with Crippen LogP contribution in [0.1, 0.15) is 12.8 Å². The number of carboxylic acid groups (broad SMARTS) is 1. The van der Waals surface area contributed by atoms with E-state index in [0.29, 0.717) is 5.75 Å². The van der Waals surface area contributed by atoms with Gasteiger partial charge in [0.15, 0.2) is 5.54 Å². The molecule has 1 aliphatic carbocycles. The fourth-order valence-corrected chi connectivity index (χ4v) is 2.41. The highest BCUT2D eigenvalue weighted by atomic mass is 16.5. The van der Waals surface area contributed by atoms with Crippen molar-refractivity contribution in [2.75, 3.05) is 6.61 Å². The molecule has 2 aromatic rings. The lowest BCUT2D eigenvalue weighted by atomic mass is 9.96. The van der Waals surface area contributed by atoms with Crippen LogP contribution in [0.3, 0.4) is 0 Å². The number of carbonyl (C=O) groups is 1. The normalized spacial score (nSPS) is 17.6. The zero-order chi connectivity index (χ0) is 14.2. The molecule has 1 unspecified atom stereocenters. The van der Waals surface area contributed by atoms with Gasteiger partial charge >= 0.3 is 5.97 Å². The molecule has 0 radical (unpaired) electrons. The summed E-state index contributed by atoms with van der Waals surface area (Å²) in [5.74, 6) is -0.304. The molecule has 2 aromatic carbocycles. The summed E-state index contributed by atoms with van der Waals surface area (Å²) in [7, 11) is 0. The molecular weight excluding hydrogens is 254 g/mol. The van der Waals surface area contributed by atoms with Gasteiger partial charge in [0.25, 0.3) is 0 Å². The third-order valence-electron chi connectivity index (χ3n) is 3.90. The molecule has 1 fully saturated rings. The number of hydrogen-bond acceptors (Lipinski definition) is 3. The zero-order valence-electron chi connectivity index (χ0n) is 11.1. The van der Waals surface area contributed by atoms with Crippen LogP contribution >= 0.6 is 0 Å². The molecule has 4 heteroatoms. The van der Waals surface area contributed by atoms with Gasteiger partial charge in [-0.05, 0) is 41.7 Å². The van der Waals surface area contributed by atoms with Crippen LogP contribution < -0.4 is 10.5 Å². The summed E-state index contributed by atoms with van der Waals surface area (Å²) in [5.41, 5.74) is 4.71. The molecule has 3 N–H and O–H groups in total. The molecule has 0 heterocycles. The number of carboxylic acids is 1. The summed E-state index contributed by atoms with van der Waals surface area (Å²) < 4.78 is 5.64. The predicted octanol–water partition coefficient (Wildman–Crippen LogP) is 2.41. The highest BCUT2D eigenvalue weighted by Crippen LogP contribution is 2.38. The third kappa shape index (κ3) is 2.34. The second-order valence-electron chi connectivity index (χ2n) is 5.42. The van der Waals surface area contributed by atoms with Crippen LogP contribution in [0.2, 0.25) is 0 Å². The average molecular weight is 271 g/mol. The molecule has 0 aromatic heterocycles. The van der Waals surface area contributed by atoms with Crippen LogP contribution in [0.25, 0.3) is 10.8 Å². The maximum Gasteiger partial charge on any atom is 0.327 e. The third-order valence-corrected chi connectivity index (χ3v) is 3.90. The molecule has 4 nitrogen and oxygen atoms in total. The van der Waals surface area contributed by atoms with Crippen LogP contribution in [0.15, 0.2) is 42.5 Å². The van der Waals surface area contributed by atoms with Crippen molar-refractivity contribution < 1.29 is 14.6 Å². The van der Waals surface area contributed by atoms with Gasteiger partial charge in [0.1, 0.15) is 12.4 Å². The van der Waals surface area contributed by atoms with Crippen LogP contribution in [0.4, 0.5) is 0 Å². The summed E-state index contributed by atoms with van der Waals surface area (Å²) >= 11 is 0. The number of benzene rings is 2. The van der Waals surface area contributed by atoms with Gasteiger partial charge in [-0.2, -0.15) is 0 Å². The van der Waals surface area contributed by atoms with Crippen molar-refractivity contribution >= 4 is 16.7 Å². The number of aliphatic carboxylic acids is 1. The lowest BCUT2D eigenvalue weighted by molar-refractivity contribution is -0.145. The van der Waals surface area contributed by atoms with E-state index < -0.39 is 11.5 Å². The Hall–Kier alpha value is -2.07. The monoisotopic (exact) mass is 271 g/mol. The van der Waals surface area contributed by atoms with E-state index in [9.17, 15) is 9.90 Å². The van der Waals surface area contributed by atoms with Crippen molar-refractivity contribution in [3.05, 3.63) is 42.5 Å². The maximum absolute atomic E-state index is 11.3. The van der Waals surface area contributed by atoms with Crippen molar-refractivity contribution in [2.24, 2.45) is 11.7 Å². The van der Waals surface area contributed by atoms with Gasteiger partial charge in [-0.25, -0.2) is 0 Å². The SMILES string of the molecule is NC(COc1ccc2ccccc2c1)(C(=O)O)C1CC1. The van der Waals surface area contributed by atoms with E-state index in [0.717, 1.165) is 23.6 Å². The van der Waals surface area contributed by atoms with Gasteiger partial charge in [-0.1, -0.05) is 30.3 Å². The van der Waals surface area contributed by atoms with E-state index in [4.69, 9.17) is 10.5 Å². The molecule has 3 rings (SSSR count). The highest BCUT2D eigenvalue weighted by molar-refractivity contribution is 5.83. The Bertz CT molecular complexity index is 651. The Morgan fingerprint density at radius 2 is 1.95 bits per heavy atom. The van der Waals surface area contributed by atoms with E-state index in [1.54, 1.807) is 0 Å². The van der Waals surface area contributed by atoms with Crippen LogP contribution in [-0.2, 0) is 4.79 Å². The van der Waals surface area contributed by atoms with Gasteiger partial charge in [-0.15, -0.1) is 0 Å². The quantitative estimate of drug-likeness (QED) is 0.876. The molecule has 0 aliphatic heterocycles. The first-order chi connectivity index (χ1) is 9.59. The first-order valence-electron chi connectivity index (χ1n) is 6.73. The van der Waals surface area contributed by atoms with Crippen molar-refractivity contribution in [1.29, 1.82) is 0 Å². The highest BCUT2D eigenvalue weighted by Gasteiger charge is 2.49. The van der Waals surface area contributed by atoms with Gasteiger partial charge in [-0.3, -0.25) is 4.79 Å². The fraction of sp³-hybridized carbons (Fsp3) is 0.312. The summed E-state index contributed by atoms with van der Waals surface area (Å²) in [4.78, 5) is 11.3. The number of nitrogens with two attached hydrogens (primary N) is 1. The number of fused-ring (bicyclic) bond motifs is 1. The first-order valence-corrected chi connectivity index (χ1v) is 6.73. The van der Waals surface area contributed by atoms with Crippen LogP contribution in [-0.4, -0.2) is 23.2 Å². The van der Waals surface area contributed by atoms with Gasteiger partial charge in [0.2, 0.25) is 0 Å². The molecule has 0 saturated heterocycles. The summed E-state index contributed by atoms with van der Waals surface area (Å²) in [5, 5.41) is 11.5. The molecule has 0 spiro atoms. The second-order valence-corrected chi connectivity index (χ2v) is 5.42. The Morgan fingerprint density at radius 1 is 1.25 bits per heavy atom. The van der Waals surface area contributed by atoms with Crippen molar-refractivity contribution in [1.82, 2.24) is 0 Å². The Morgan fingerprint density at radius 3 is 2.60 bits per heavy atom. The minimum Gasteiger partial charge on any atom is -0.491 e. The molecule has 20 heavy (non-hydrogen) atoms. The largest absolute Gasteiger partial charge is 0.491 e. The zero-order valence-corrected chi connectivity index (χ0v) is 11.1. The van der Waals surface area contributed by atoms with Crippen molar-refractivity contribution in [3.8, 4) is 5.75 Å². The molecule has 1 aliphatic rings. The number of ether oxygens (including phenoxy) is 1. The molecule has 1 saturated carbocycles. The fourth-order valence-electron chi connectivity index (χ4n) is 2.41. The van der Waals surface area contributed by atoms with E-state index in [1.165, 1.54) is 0 Å². The van der Waals surface area contributed by atoms with E-state index in [2.05, 4.69) is 0 Å². The Labute approximate surface area is 117 Å². The van der Waals surface area contributed by atoms with Gasteiger partial charge in [0.05, 0.1) is 0 Å². The summed E-state index contributed by atoms with van der Waals surface area (Å²) in [6.07, 6.45) is 1.73. The Kier molecular flexibility index (Phi) is 3.10. The van der Waals surface area contributed by atoms with Crippen molar-refractivity contribution in [2.45, 2.75) is 18.4 Å². The molecule has 0 amide bonds. The molecular formula is C16H17NO3. The molecule has 104 valence electrons. The smallest absolute Gasteiger partial charge is 0.327 e. The van der Waals surface area contributed by atoms with E-state index >= 15 is 0 Å². The lowest BCUT2D eigenvalue weighted by Crippen LogP contribution is -2.54. The van der Waals surface area contributed by atoms with Gasteiger partial charge in [0, 0.05) is 0 Å². The van der Waals surface area contributed by atoms with Crippen LogP contribution in [0, 0.1) is 5.92 Å². The Balaban J connectivity index is 1.77. The maximum atomic E-state index is 11.3. The lowest BCUT2D eigenvalue weighted by Gasteiger charge is -2.24. The standard InChI is InChI=1S/C16H17NO3/c17-16(15(18)19,13-6-7-13)10-20-14-8-5-11-3-1-2-4-12(11)9-14/h1-5,8-9,13H,6-7,10,17H2,(H,18,19). The predicted molar refractivity (Wildman–Crippen MR) is 76.7 cm³/mol. The number of hydrogen-bond donors (Lipinski definition) is 2. The van der Waals surface area contributed by atoms with Crippen molar-refractivity contribution in [3.63, 3.8) is 0 Å². The molecule has 0 bridgehead atoms. The second kappa shape index (κ2) is 4.80. The topological polar surface area (TPSA) is 72.5 Å². The van der Waals surface area contributed by atoms with Crippen LogP contribution in [0.5, 0.6) is 5.75 Å². The minimum absolute atomic E-state index is 0.00530. The average Bonchev–Trinajstić information content (AvgIpc) is 3.29. The first kappa shape index (κ1) is 12.9. The van der Waals surface area contributed by atoms with Gasteiger partial charge < -0.3 is 15.6 Å². The summed E-state index contributed by atoms with van der Waals surface area (Å²) in [6.45, 7) is 0.00530. The molecule has 1 atom stereocenters. The van der Waals surface area contributed by atoms with E-state index in [1.807, 2.05) is 42.5 Å². The number of rotatable bonds is 5.